The Bertz CT molecular complexity index is 2140. The van der Waals surface area contributed by atoms with Crippen LogP contribution in [0.2, 0.25) is 0 Å². The summed E-state index contributed by atoms with van der Waals surface area (Å²) in [5.74, 6) is 1.12. The van der Waals surface area contributed by atoms with Crippen LogP contribution in [0.4, 0.5) is 11.4 Å². The van der Waals surface area contributed by atoms with Crippen molar-refractivity contribution in [2.45, 2.75) is 285 Å². The van der Waals surface area contributed by atoms with Gasteiger partial charge in [-0.1, -0.05) is 259 Å². The number of carbonyl (C=O) groups excluding carboxylic acids is 2. The summed E-state index contributed by atoms with van der Waals surface area (Å²) in [5, 5.41) is 2.02. The third kappa shape index (κ3) is 21.8. The predicted octanol–water partition coefficient (Wildman–Crippen LogP) is 21.6. The van der Waals surface area contributed by atoms with Gasteiger partial charge in [-0.25, -0.2) is 0 Å². The van der Waals surface area contributed by atoms with Crippen LogP contribution >= 0.6 is 54.5 Å². The average Bonchev–Trinajstić information content (AvgIpc) is 4.17. The van der Waals surface area contributed by atoms with Gasteiger partial charge in [0.2, 0.25) is 0 Å². The molecule has 1 aromatic carbocycles. The molecule has 4 heterocycles. The summed E-state index contributed by atoms with van der Waals surface area (Å²) in [6.07, 6.45) is 54.5. The first-order valence-electron chi connectivity index (χ1n) is 31.4. The van der Waals surface area contributed by atoms with Crippen molar-refractivity contribution in [1.82, 2.24) is 0 Å². The third-order valence-electron chi connectivity index (χ3n) is 16.5. The summed E-state index contributed by atoms with van der Waals surface area (Å²) in [6.45, 7) is 10.7. The highest BCUT2D eigenvalue weighted by Crippen LogP contribution is 2.42. The van der Waals surface area contributed by atoms with Crippen molar-refractivity contribution in [1.29, 1.82) is 0 Å². The number of anilines is 2. The van der Waals surface area contributed by atoms with Crippen molar-refractivity contribution in [3.05, 3.63) is 53.2 Å². The number of amides is 2. The van der Waals surface area contributed by atoms with Crippen LogP contribution < -0.4 is 20.2 Å². The summed E-state index contributed by atoms with van der Waals surface area (Å²) in [7, 11) is 0. The fourth-order valence-electron chi connectivity index (χ4n) is 12.1. The van der Waals surface area contributed by atoms with Gasteiger partial charge in [-0.05, 0) is 99.7 Å². The molecule has 0 N–H and O–H groups in total. The minimum absolute atomic E-state index is 0.108. The molecule has 2 aromatic heterocycles. The van der Waals surface area contributed by atoms with E-state index in [-0.39, 0.29) is 11.8 Å². The second-order valence-electron chi connectivity index (χ2n) is 22.9. The van der Waals surface area contributed by atoms with Crippen molar-refractivity contribution < 1.29 is 9.59 Å². The van der Waals surface area contributed by atoms with Gasteiger partial charge in [0.25, 0.3) is 11.8 Å². The van der Waals surface area contributed by atoms with Gasteiger partial charge in [0.05, 0.1) is 24.5 Å². The molecule has 2 atom stereocenters. The molecule has 0 fully saturated rings. The topological polar surface area (TPSA) is 40.6 Å². The van der Waals surface area contributed by atoms with E-state index in [4.69, 9.17) is 0 Å². The highest BCUT2D eigenvalue weighted by Gasteiger charge is 2.38. The molecular formula is C66H104Br2N2O2S2. The quantitative estimate of drug-likeness (QED) is 0.0529. The lowest BCUT2D eigenvalue weighted by molar-refractivity contribution is -0.113. The summed E-state index contributed by atoms with van der Waals surface area (Å²) in [4.78, 5) is 36.7. The van der Waals surface area contributed by atoms with Crippen molar-refractivity contribution in [2.24, 2.45) is 11.8 Å². The van der Waals surface area contributed by atoms with E-state index in [1.807, 2.05) is 6.08 Å². The van der Waals surface area contributed by atoms with Gasteiger partial charge in [-0.3, -0.25) is 9.59 Å². The minimum atomic E-state index is 0.108. The van der Waals surface area contributed by atoms with Gasteiger partial charge in [0.1, 0.15) is 0 Å². The number of halogens is 2. The van der Waals surface area contributed by atoms with Crippen molar-refractivity contribution in [3.8, 4) is 10.4 Å². The first-order valence-corrected chi connectivity index (χ1v) is 34.6. The van der Waals surface area contributed by atoms with Gasteiger partial charge >= 0.3 is 0 Å². The lowest BCUT2D eigenvalue weighted by atomic mass is 9.92. The molecule has 0 aliphatic carbocycles. The molecule has 0 saturated heterocycles. The second kappa shape index (κ2) is 38.0. The number of nitrogens with zero attached hydrogens (tertiary/aromatic N) is 2. The molecule has 0 saturated carbocycles. The van der Waals surface area contributed by atoms with E-state index in [2.05, 4.69) is 99.7 Å². The molecular weight excluding hydrogens is 1080 g/mol. The Kier molecular flexibility index (Phi) is 32.4. The maximum absolute atomic E-state index is 15.5. The SMILES string of the molecule is CCCCCCCCCCCCC(CCCCCCCCCC)CN1C(=O)C(c2ccc(Br)s2)=c2cc3c(c(-c4ccc(Br)s4)c21)=CC(=O)N3CC(CCCCCCCCCC)CCCCCCCCCCCC. The largest absolute Gasteiger partial charge is 0.308 e. The van der Waals surface area contributed by atoms with Crippen LogP contribution in [0.1, 0.15) is 289 Å². The fourth-order valence-corrected chi connectivity index (χ4v) is 15.0. The second-order valence-corrected chi connectivity index (χ2v) is 27.8. The van der Waals surface area contributed by atoms with Crippen molar-refractivity contribution in [3.63, 3.8) is 0 Å². The lowest BCUT2D eigenvalue weighted by Gasteiger charge is -2.28. The maximum atomic E-state index is 15.5. The average molecular weight is 1180 g/mol. The molecule has 2 aliphatic rings. The number of carbonyl (C=O) groups is 2. The number of benzene rings is 1. The van der Waals surface area contributed by atoms with Gasteiger partial charge in [0.15, 0.2) is 0 Å². The lowest BCUT2D eigenvalue weighted by Crippen LogP contribution is -2.36. The van der Waals surface area contributed by atoms with Gasteiger partial charge < -0.3 is 9.80 Å². The van der Waals surface area contributed by atoms with Crippen LogP contribution in [0.25, 0.3) is 22.1 Å². The molecule has 416 valence electrons. The zero-order valence-corrected chi connectivity index (χ0v) is 52.4. The fraction of sp³-hybridized carbons (Fsp3) is 0.727. The molecule has 2 amide bonds. The monoisotopic (exact) mass is 1180 g/mol. The Balaban J connectivity index is 1.42. The van der Waals surface area contributed by atoms with E-state index in [0.717, 1.165) is 76.2 Å². The zero-order chi connectivity index (χ0) is 52.6. The Morgan fingerprint density at radius 1 is 0.432 bits per heavy atom. The molecule has 4 nitrogen and oxygen atoms in total. The Morgan fingerprint density at radius 3 is 1.12 bits per heavy atom. The Labute approximate surface area is 478 Å². The smallest absolute Gasteiger partial charge is 0.260 e. The number of unbranched alkanes of at least 4 members (excludes halogenated alkanes) is 32. The number of fused-ring (bicyclic) bond motifs is 2. The molecule has 3 aromatic rings. The van der Waals surface area contributed by atoms with Crippen LogP contribution in [0.3, 0.4) is 0 Å². The van der Waals surface area contributed by atoms with Crippen LogP contribution in [-0.4, -0.2) is 24.9 Å². The first kappa shape index (κ1) is 63.1. The highest BCUT2D eigenvalue weighted by atomic mass is 79.9. The molecule has 2 unspecified atom stereocenters. The van der Waals surface area contributed by atoms with Crippen molar-refractivity contribution in [2.75, 3.05) is 22.9 Å². The molecule has 74 heavy (non-hydrogen) atoms. The van der Waals surface area contributed by atoms with Gasteiger partial charge in [-0.15, -0.1) is 22.7 Å². The van der Waals surface area contributed by atoms with Gasteiger partial charge in [-0.2, -0.15) is 0 Å². The molecule has 0 radical (unpaired) electrons. The van der Waals surface area contributed by atoms with Crippen molar-refractivity contribution >= 4 is 89.4 Å². The van der Waals surface area contributed by atoms with Crippen LogP contribution in [0.15, 0.2) is 37.9 Å². The van der Waals surface area contributed by atoms with E-state index >= 15 is 4.79 Å². The summed E-state index contributed by atoms with van der Waals surface area (Å²) >= 11 is 11.0. The predicted molar refractivity (Wildman–Crippen MR) is 335 cm³/mol. The van der Waals surface area contributed by atoms with E-state index in [9.17, 15) is 4.79 Å². The normalized spacial score (nSPS) is 14.2. The third-order valence-corrected chi connectivity index (χ3v) is 19.8. The van der Waals surface area contributed by atoms with Crippen LogP contribution in [-0.2, 0) is 9.59 Å². The zero-order valence-electron chi connectivity index (χ0n) is 47.6. The van der Waals surface area contributed by atoms with E-state index < -0.39 is 0 Å². The van der Waals surface area contributed by atoms with Gasteiger partial charge in [0, 0.05) is 44.9 Å². The first-order chi connectivity index (χ1) is 36.3. The number of thiophene rings is 2. The number of rotatable bonds is 46. The molecule has 8 heteroatoms. The summed E-state index contributed by atoms with van der Waals surface area (Å²) < 4.78 is 2.10. The Hall–Kier alpha value is -1.74. The minimum Gasteiger partial charge on any atom is -0.308 e. The molecule has 0 bridgehead atoms. The number of hydrogen-bond donors (Lipinski definition) is 0. The van der Waals surface area contributed by atoms with E-state index in [0.29, 0.717) is 11.8 Å². The Morgan fingerprint density at radius 2 is 0.770 bits per heavy atom. The van der Waals surface area contributed by atoms with Crippen LogP contribution in [0, 0.1) is 11.8 Å². The van der Waals surface area contributed by atoms with E-state index in [1.165, 1.54) is 244 Å². The molecule has 2 aliphatic heterocycles. The van der Waals surface area contributed by atoms with E-state index in [1.54, 1.807) is 22.7 Å². The molecule has 0 spiro atoms. The highest BCUT2D eigenvalue weighted by molar-refractivity contribution is 9.11. The van der Waals surface area contributed by atoms with Crippen LogP contribution in [0.5, 0.6) is 0 Å². The standard InChI is InChI=1S/C66H104Br2N2O2S2/c1-5-9-13-17-21-25-27-31-35-38-42-53(41-37-33-29-23-19-15-11-7-3)51-69-57-49-56-64(59-46-48-61(68)74-59)66(72)70(65(56)63(55(57)50-62(69)71)58-45-47-60(67)73-58)52-54(43-39-34-30-24-20-16-12-8-4)44-40-36-32-28-26-22-18-14-10-6-2/h45-50,53-54H,5-44,51-52H2,1-4H3. The summed E-state index contributed by atoms with van der Waals surface area (Å²) in [5.41, 5.74) is 3.90. The number of hydrogen-bond acceptors (Lipinski definition) is 4. The molecule has 5 rings (SSSR count). The maximum Gasteiger partial charge on any atom is 0.260 e. The summed E-state index contributed by atoms with van der Waals surface area (Å²) in [6, 6.07) is 10.9.